The molecular formula is C22H30N4O. The van der Waals surface area contributed by atoms with Gasteiger partial charge in [0.15, 0.2) is 0 Å². The minimum absolute atomic E-state index is 0.0648. The lowest BCUT2D eigenvalue weighted by atomic mass is 10.0. The van der Waals surface area contributed by atoms with Crippen LogP contribution in [0.4, 0.5) is 0 Å². The van der Waals surface area contributed by atoms with E-state index in [2.05, 4.69) is 40.3 Å². The second-order valence-corrected chi connectivity index (χ2v) is 7.42. The van der Waals surface area contributed by atoms with Crippen molar-refractivity contribution in [1.82, 2.24) is 19.6 Å². The number of amides is 1. The molecule has 1 amide bonds. The van der Waals surface area contributed by atoms with Gasteiger partial charge in [0.25, 0.3) is 0 Å². The highest BCUT2D eigenvalue weighted by atomic mass is 16.2. The normalized spacial score (nSPS) is 18.1. The summed E-state index contributed by atoms with van der Waals surface area (Å²) in [5, 5.41) is 4.12. The fourth-order valence-electron chi connectivity index (χ4n) is 3.69. The Morgan fingerprint density at radius 1 is 1.33 bits per heavy atom. The summed E-state index contributed by atoms with van der Waals surface area (Å²) in [4.78, 5) is 16.9. The van der Waals surface area contributed by atoms with Gasteiger partial charge in [-0.3, -0.25) is 9.48 Å². The Hall–Kier alpha value is -2.40. The number of nitrogens with zero attached hydrogens (tertiary/aromatic N) is 4. The molecule has 0 aliphatic carbocycles. The van der Waals surface area contributed by atoms with Gasteiger partial charge in [0.05, 0.1) is 6.20 Å². The second kappa shape index (κ2) is 9.51. The van der Waals surface area contributed by atoms with Gasteiger partial charge in [0.1, 0.15) is 0 Å². The molecule has 0 unspecified atom stereocenters. The van der Waals surface area contributed by atoms with Gasteiger partial charge in [-0.2, -0.15) is 5.10 Å². The Morgan fingerprint density at radius 3 is 2.89 bits per heavy atom. The molecule has 2 aromatic rings. The van der Waals surface area contributed by atoms with E-state index in [1.54, 1.807) is 17.0 Å². The number of aryl methyl sites for hydroxylation is 2. The third-order valence-corrected chi connectivity index (χ3v) is 5.30. The summed E-state index contributed by atoms with van der Waals surface area (Å²) in [6.07, 6.45) is 11.7. The van der Waals surface area contributed by atoms with Crippen LogP contribution in [0.5, 0.6) is 0 Å². The molecule has 1 atom stereocenters. The fourth-order valence-corrected chi connectivity index (χ4v) is 3.69. The third-order valence-electron chi connectivity index (χ3n) is 5.30. The van der Waals surface area contributed by atoms with Crippen LogP contribution in [-0.4, -0.2) is 58.2 Å². The number of carbonyl (C=O) groups is 1. The van der Waals surface area contributed by atoms with Crippen molar-refractivity contribution in [3.8, 4) is 0 Å². The van der Waals surface area contributed by atoms with Crippen LogP contribution in [0.15, 0.2) is 48.8 Å². The molecule has 0 spiro atoms. The van der Waals surface area contributed by atoms with E-state index in [0.29, 0.717) is 6.04 Å². The van der Waals surface area contributed by atoms with Crippen LogP contribution >= 0.6 is 0 Å². The number of likely N-dealkylation sites (tertiary alicyclic amines) is 1. The SMILES string of the molecule is CN(C(=O)/C=C/c1cnn(C)c1)[C@H]1CCCN(CCCc2ccccc2)C1. The van der Waals surface area contributed by atoms with Crippen LogP contribution in [0.1, 0.15) is 30.4 Å². The molecule has 0 N–H and O–H groups in total. The zero-order valence-corrected chi connectivity index (χ0v) is 16.4. The molecule has 1 aliphatic rings. The van der Waals surface area contributed by atoms with Crippen LogP contribution in [0.2, 0.25) is 0 Å². The quantitative estimate of drug-likeness (QED) is 0.708. The van der Waals surface area contributed by atoms with E-state index in [0.717, 1.165) is 50.9 Å². The van der Waals surface area contributed by atoms with Gasteiger partial charge in [-0.05, 0) is 50.4 Å². The van der Waals surface area contributed by atoms with E-state index < -0.39 is 0 Å². The van der Waals surface area contributed by atoms with Crippen LogP contribution < -0.4 is 0 Å². The molecule has 27 heavy (non-hydrogen) atoms. The highest BCUT2D eigenvalue weighted by molar-refractivity contribution is 5.91. The minimum atomic E-state index is 0.0648. The number of hydrogen-bond donors (Lipinski definition) is 0. The van der Waals surface area contributed by atoms with Crippen molar-refractivity contribution < 1.29 is 4.79 Å². The number of likely N-dealkylation sites (N-methyl/N-ethyl adjacent to an activating group) is 1. The Kier molecular flexibility index (Phi) is 6.82. The summed E-state index contributed by atoms with van der Waals surface area (Å²) in [6, 6.07) is 11.0. The number of benzene rings is 1. The largest absolute Gasteiger partial charge is 0.338 e. The van der Waals surface area contributed by atoms with Gasteiger partial charge in [0, 0.05) is 44.5 Å². The topological polar surface area (TPSA) is 41.4 Å². The summed E-state index contributed by atoms with van der Waals surface area (Å²) >= 11 is 0. The van der Waals surface area contributed by atoms with Crippen molar-refractivity contribution in [2.45, 2.75) is 31.7 Å². The molecule has 144 valence electrons. The van der Waals surface area contributed by atoms with Gasteiger partial charge in [-0.25, -0.2) is 0 Å². The average Bonchev–Trinajstić information content (AvgIpc) is 3.12. The molecule has 1 fully saturated rings. The molecule has 1 saturated heterocycles. The first-order chi connectivity index (χ1) is 13.1. The molecule has 1 aromatic carbocycles. The van der Waals surface area contributed by atoms with E-state index in [9.17, 15) is 4.79 Å². The highest BCUT2D eigenvalue weighted by Crippen LogP contribution is 2.16. The lowest BCUT2D eigenvalue weighted by molar-refractivity contribution is -0.127. The summed E-state index contributed by atoms with van der Waals surface area (Å²) in [7, 11) is 3.80. The Labute approximate surface area is 162 Å². The highest BCUT2D eigenvalue weighted by Gasteiger charge is 2.24. The zero-order valence-electron chi connectivity index (χ0n) is 16.4. The van der Waals surface area contributed by atoms with Crippen molar-refractivity contribution in [3.63, 3.8) is 0 Å². The van der Waals surface area contributed by atoms with Crippen molar-refractivity contribution in [2.24, 2.45) is 7.05 Å². The van der Waals surface area contributed by atoms with Gasteiger partial charge < -0.3 is 9.80 Å². The van der Waals surface area contributed by atoms with E-state index in [-0.39, 0.29) is 5.91 Å². The first-order valence-electron chi connectivity index (χ1n) is 9.81. The fraction of sp³-hybridized carbons (Fsp3) is 0.455. The zero-order chi connectivity index (χ0) is 19.1. The van der Waals surface area contributed by atoms with Gasteiger partial charge in [-0.1, -0.05) is 30.3 Å². The van der Waals surface area contributed by atoms with Gasteiger partial charge in [0.2, 0.25) is 5.91 Å². The summed E-state index contributed by atoms with van der Waals surface area (Å²) in [5.41, 5.74) is 2.35. The number of aromatic nitrogens is 2. The van der Waals surface area contributed by atoms with Crippen LogP contribution in [0.3, 0.4) is 0 Å². The van der Waals surface area contributed by atoms with Crippen LogP contribution in [-0.2, 0) is 18.3 Å². The number of carbonyl (C=O) groups excluding carboxylic acids is 1. The smallest absolute Gasteiger partial charge is 0.246 e. The van der Waals surface area contributed by atoms with Crippen molar-refractivity contribution in [1.29, 1.82) is 0 Å². The molecule has 1 aliphatic heterocycles. The van der Waals surface area contributed by atoms with Crippen molar-refractivity contribution in [3.05, 3.63) is 59.9 Å². The predicted octanol–water partition coefficient (Wildman–Crippen LogP) is 2.99. The summed E-state index contributed by atoms with van der Waals surface area (Å²) in [6.45, 7) is 3.20. The van der Waals surface area contributed by atoms with Gasteiger partial charge in [-0.15, -0.1) is 0 Å². The molecule has 2 heterocycles. The molecular weight excluding hydrogens is 336 g/mol. The molecule has 3 rings (SSSR count). The first-order valence-corrected chi connectivity index (χ1v) is 9.81. The summed E-state index contributed by atoms with van der Waals surface area (Å²) in [5.74, 6) is 0.0648. The molecule has 1 aromatic heterocycles. The van der Waals surface area contributed by atoms with E-state index in [1.807, 2.05) is 31.3 Å². The lowest BCUT2D eigenvalue weighted by Gasteiger charge is -2.37. The Balaban J connectivity index is 1.46. The molecule has 0 bridgehead atoms. The minimum Gasteiger partial charge on any atom is -0.338 e. The molecule has 5 nitrogen and oxygen atoms in total. The molecule has 0 radical (unpaired) electrons. The third kappa shape index (κ3) is 5.79. The van der Waals surface area contributed by atoms with Crippen LogP contribution in [0.25, 0.3) is 6.08 Å². The van der Waals surface area contributed by atoms with E-state index in [1.165, 1.54) is 5.56 Å². The van der Waals surface area contributed by atoms with E-state index in [4.69, 9.17) is 0 Å². The predicted molar refractivity (Wildman–Crippen MR) is 109 cm³/mol. The summed E-state index contributed by atoms with van der Waals surface area (Å²) < 4.78 is 1.74. The van der Waals surface area contributed by atoms with Crippen molar-refractivity contribution in [2.75, 3.05) is 26.7 Å². The molecule has 5 heteroatoms. The monoisotopic (exact) mass is 366 g/mol. The number of piperidine rings is 1. The first kappa shape index (κ1) is 19.4. The Morgan fingerprint density at radius 2 is 2.15 bits per heavy atom. The van der Waals surface area contributed by atoms with Crippen LogP contribution in [0, 0.1) is 0 Å². The maximum absolute atomic E-state index is 12.5. The number of hydrogen-bond acceptors (Lipinski definition) is 3. The standard InChI is InChI=1S/C22H30N4O/c1-24-17-20(16-23-24)12-13-22(27)25(2)21-11-7-15-26(18-21)14-6-10-19-8-4-3-5-9-19/h3-5,8-9,12-13,16-17,21H,6-7,10-11,14-15,18H2,1-2H3/b13-12+/t21-/m0/s1. The second-order valence-electron chi connectivity index (χ2n) is 7.42. The van der Waals surface area contributed by atoms with Gasteiger partial charge >= 0.3 is 0 Å². The maximum atomic E-state index is 12.5. The van der Waals surface area contributed by atoms with Crippen molar-refractivity contribution >= 4 is 12.0 Å². The Bertz CT molecular complexity index is 753. The lowest BCUT2D eigenvalue weighted by Crippen LogP contribution is -2.48. The maximum Gasteiger partial charge on any atom is 0.246 e. The number of rotatable bonds is 7. The average molecular weight is 367 g/mol. The van der Waals surface area contributed by atoms with E-state index >= 15 is 0 Å². The molecule has 0 saturated carbocycles.